The Balaban J connectivity index is 1.80. The molecular formula is C18H22N2O5. The summed E-state index contributed by atoms with van der Waals surface area (Å²) in [5, 5.41) is 7.02. The molecule has 3 rings (SSSR count). The molecule has 2 aromatic rings. The van der Waals surface area contributed by atoms with Crippen LogP contribution in [-0.2, 0) is 14.9 Å². The molecule has 0 radical (unpaired) electrons. The van der Waals surface area contributed by atoms with Crippen molar-refractivity contribution in [3.8, 4) is 22.8 Å². The van der Waals surface area contributed by atoms with E-state index in [0.717, 1.165) is 18.4 Å². The monoisotopic (exact) mass is 346 g/mol. The highest BCUT2D eigenvalue weighted by Gasteiger charge is 2.53. The van der Waals surface area contributed by atoms with Crippen molar-refractivity contribution in [2.24, 2.45) is 0 Å². The van der Waals surface area contributed by atoms with Gasteiger partial charge in [0.1, 0.15) is 0 Å². The number of methoxy groups -OCH3 is 3. The van der Waals surface area contributed by atoms with Crippen molar-refractivity contribution in [2.75, 3.05) is 34.5 Å². The normalized spacial score (nSPS) is 14.8. The molecule has 7 nitrogen and oxygen atoms in total. The molecule has 1 aliphatic rings. The van der Waals surface area contributed by atoms with Crippen LogP contribution in [0.4, 0.5) is 0 Å². The summed E-state index contributed by atoms with van der Waals surface area (Å²) < 4.78 is 21.0. The molecule has 1 saturated carbocycles. The minimum atomic E-state index is -0.577. The first-order chi connectivity index (χ1) is 12.1. The van der Waals surface area contributed by atoms with Crippen LogP contribution >= 0.6 is 0 Å². The average Bonchev–Trinajstić information content (AvgIpc) is 3.31. The van der Waals surface area contributed by atoms with E-state index in [1.165, 1.54) is 0 Å². The lowest BCUT2D eigenvalue weighted by molar-refractivity contribution is -0.123. The first-order valence-electron chi connectivity index (χ1n) is 8.11. The highest BCUT2D eigenvalue weighted by atomic mass is 16.5. The van der Waals surface area contributed by atoms with Crippen molar-refractivity contribution in [3.63, 3.8) is 0 Å². The Morgan fingerprint density at radius 2 is 1.96 bits per heavy atom. The molecule has 0 aliphatic heterocycles. The van der Waals surface area contributed by atoms with Gasteiger partial charge in [0.05, 0.1) is 31.9 Å². The number of aromatic nitrogens is 1. The molecule has 1 fully saturated rings. The molecular weight excluding hydrogens is 324 g/mol. The Bertz CT molecular complexity index is 752. The van der Waals surface area contributed by atoms with Crippen LogP contribution in [0.1, 0.15) is 18.5 Å². The second-order valence-corrected chi connectivity index (χ2v) is 5.98. The van der Waals surface area contributed by atoms with Crippen molar-refractivity contribution in [2.45, 2.75) is 18.3 Å². The fourth-order valence-corrected chi connectivity index (χ4v) is 2.79. The van der Waals surface area contributed by atoms with Crippen molar-refractivity contribution in [1.82, 2.24) is 10.5 Å². The van der Waals surface area contributed by atoms with Crippen LogP contribution in [0.15, 0.2) is 28.8 Å². The number of hydrogen-bond acceptors (Lipinski definition) is 6. The molecule has 7 heteroatoms. The van der Waals surface area contributed by atoms with Gasteiger partial charge in [0.15, 0.2) is 17.3 Å². The minimum Gasteiger partial charge on any atom is -0.493 e. The van der Waals surface area contributed by atoms with Crippen LogP contribution in [0.3, 0.4) is 0 Å². The number of benzene rings is 1. The van der Waals surface area contributed by atoms with Gasteiger partial charge in [-0.1, -0.05) is 5.16 Å². The zero-order chi connectivity index (χ0) is 17.9. The summed E-state index contributed by atoms with van der Waals surface area (Å²) >= 11 is 0. The molecule has 0 saturated heterocycles. The molecule has 0 unspecified atom stereocenters. The minimum absolute atomic E-state index is 0.0308. The maximum Gasteiger partial charge on any atom is 0.232 e. The quantitative estimate of drug-likeness (QED) is 0.738. The Labute approximate surface area is 146 Å². The van der Waals surface area contributed by atoms with Crippen LogP contribution in [0, 0.1) is 0 Å². The van der Waals surface area contributed by atoms with E-state index >= 15 is 0 Å². The van der Waals surface area contributed by atoms with Gasteiger partial charge in [-0.25, -0.2) is 0 Å². The van der Waals surface area contributed by atoms with E-state index < -0.39 is 5.41 Å². The third-order valence-electron chi connectivity index (χ3n) is 4.44. The van der Waals surface area contributed by atoms with Crippen LogP contribution in [0.2, 0.25) is 0 Å². The number of ether oxygens (including phenoxy) is 3. The Hall–Kier alpha value is -2.54. The van der Waals surface area contributed by atoms with Gasteiger partial charge in [0.25, 0.3) is 0 Å². The molecule has 0 bridgehead atoms. The van der Waals surface area contributed by atoms with E-state index in [1.54, 1.807) is 27.4 Å². The first kappa shape index (κ1) is 17.3. The summed E-state index contributed by atoms with van der Waals surface area (Å²) in [5.41, 5.74) is 0.894. The predicted molar refractivity (Wildman–Crippen MR) is 90.8 cm³/mol. The molecule has 1 N–H and O–H groups in total. The number of nitrogens with one attached hydrogen (secondary N) is 1. The van der Waals surface area contributed by atoms with Gasteiger partial charge in [-0.2, -0.15) is 0 Å². The lowest BCUT2D eigenvalue weighted by atomic mass is 10.0. The number of rotatable bonds is 8. The summed E-state index contributed by atoms with van der Waals surface area (Å²) in [7, 11) is 4.77. The largest absolute Gasteiger partial charge is 0.493 e. The second kappa shape index (κ2) is 7.14. The van der Waals surface area contributed by atoms with Gasteiger partial charge in [0, 0.05) is 25.3 Å². The van der Waals surface area contributed by atoms with Crippen molar-refractivity contribution in [1.29, 1.82) is 0 Å². The number of carbonyl (C=O) groups is 1. The van der Waals surface area contributed by atoms with E-state index in [1.807, 2.05) is 18.2 Å². The zero-order valence-corrected chi connectivity index (χ0v) is 14.6. The lowest BCUT2D eigenvalue weighted by Gasteiger charge is -2.11. The number of carbonyl (C=O) groups excluding carboxylic acids is 1. The van der Waals surface area contributed by atoms with Gasteiger partial charge in [-0.05, 0) is 31.0 Å². The van der Waals surface area contributed by atoms with Crippen molar-refractivity contribution < 1.29 is 23.5 Å². The number of amides is 1. The highest BCUT2D eigenvalue weighted by Crippen LogP contribution is 2.48. The fraction of sp³-hybridized carbons (Fsp3) is 0.444. The second-order valence-electron chi connectivity index (χ2n) is 5.98. The topological polar surface area (TPSA) is 82.8 Å². The summed E-state index contributed by atoms with van der Waals surface area (Å²) in [6, 6.07) is 7.32. The molecule has 1 aromatic carbocycles. The third kappa shape index (κ3) is 3.32. The van der Waals surface area contributed by atoms with Crippen LogP contribution in [0.25, 0.3) is 11.3 Å². The summed E-state index contributed by atoms with van der Waals surface area (Å²) in [6.45, 7) is 0.967. The summed E-state index contributed by atoms with van der Waals surface area (Å²) in [6.07, 6.45) is 1.54. The molecule has 1 aromatic heterocycles. The van der Waals surface area contributed by atoms with Crippen LogP contribution in [0.5, 0.6) is 11.5 Å². The highest BCUT2D eigenvalue weighted by molar-refractivity contribution is 5.91. The van der Waals surface area contributed by atoms with Gasteiger partial charge in [-0.15, -0.1) is 0 Å². The number of nitrogens with zero attached hydrogens (tertiary/aromatic N) is 1. The van der Waals surface area contributed by atoms with E-state index in [-0.39, 0.29) is 5.91 Å². The Morgan fingerprint density at radius 3 is 2.60 bits per heavy atom. The lowest BCUT2D eigenvalue weighted by Crippen LogP contribution is -2.36. The molecule has 0 atom stereocenters. The predicted octanol–water partition coefficient (Wildman–Crippen LogP) is 2.15. The molecule has 1 amide bonds. The van der Waals surface area contributed by atoms with Crippen molar-refractivity contribution in [3.05, 3.63) is 30.0 Å². The smallest absolute Gasteiger partial charge is 0.232 e. The summed E-state index contributed by atoms with van der Waals surface area (Å²) in [5.74, 6) is 1.81. The maximum absolute atomic E-state index is 12.4. The number of hydrogen-bond donors (Lipinski definition) is 1. The average molecular weight is 346 g/mol. The fourth-order valence-electron chi connectivity index (χ4n) is 2.79. The standard InChI is InChI=1S/C18H22N2O5/c1-22-9-8-19-17(21)18(6-7-18)16-11-14(25-20-16)12-4-5-13(23-2)15(10-12)24-3/h4-5,10-11H,6-9H2,1-3H3,(H,19,21). The van der Waals surface area contributed by atoms with Crippen LogP contribution in [-0.4, -0.2) is 45.5 Å². The van der Waals surface area contributed by atoms with Gasteiger partial charge < -0.3 is 24.1 Å². The molecule has 1 aliphatic carbocycles. The van der Waals surface area contributed by atoms with E-state index in [4.69, 9.17) is 18.7 Å². The van der Waals surface area contributed by atoms with E-state index in [0.29, 0.717) is 36.1 Å². The van der Waals surface area contributed by atoms with Crippen molar-refractivity contribution >= 4 is 5.91 Å². The molecule has 134 valence electrons. The molecule has 0 spiro atoms. The summed E-state index contributed by atoms with van der Waals surface area (Å²) in [4.78, 5) is 12.4. The van der Waals surface area contributed by atoms with Crippen LogP contribution < -0.4 is 14.8 Å². The maximum atomic E-state index is 12.4. The van der Waals surface area contributed by atoms with E-state index in [9.17, 15) is 4.79 Å². The van der Waals surface area contributed by atoms with Gasteiger partial charge in [0.2, 0.25) is 5.91 Å². The molecule has 1 heterocycles. The Kier molecular flexibility index (Phi) is 4.94. The van der Waals surface area contributed by atoms with Gasteiger partial charge >= 0.3 is 0 Å². The Morgan fingerprint density at radius 1 is 1.20 bits per heavy atom. The third-order valence-corrected chi connectivity index (χ3v) is 4.44. The van der Waals surface area contributed by atoms with E-state index in [2.05, 4.69) is 10.5 Å². The SMILES string of the molecule is COCCNC(=O)C1(c2cc(-c3ccc(OC)c(OC)c3)on2)CC1. The molecule has 25 heavy (non-hydrogen) atoms. The van der Waals surface area contributed by atoms with Gasteiger partial charge in [-0.3, -0.25) is 4.79 Å². The first-order valence-corrected chi connectivity index (χ1v) is 8.11. The zero-order valence-electron chi connectivity index (χ0n) is 14.6.